The molecule has 0 aliphatic carbocycles. The Bertz CT molecular complexity index is 820. The van der Waals surface area contributed by atoms with E-state index in [2.05, 4.69) is 15.5 Å². The van der Waals surface area contributed by atoms with Crippen molar-refractivity contribution in [2.45, 2.75) is 6.54 Å². The topological polar surface area (TPSA) is 90.9 Å². The highest BCUT2D eigenvalue weighted by Gasteiger charge is 2.16. The molecule has 1 saturated heterocycles. The lowest BCUT2D eigenvalue weighted by atomic mass is 10.1. The van der Waals surface area contributed by atoms with Gasteiger partial charge in [0.25, 0.3) is 0 Å². The molecule has 0 aromatic heterocycles. The number of carbonyl (C=O) groups excluding carboxylic acids is 1. The van der Waals surface area contributed by atoms with Gasteiger partial charge in [0.1, 0.15) is 0 Å². The molecule has 142 valence electrons. The second kappa shape index (κ2) is 8.75. The van der Waals surface area contributed by atoms with Crippen molar-refractivity contribution in [3.8, 4) is 0 Å². The van der Waals surface area contributed by atoms with E-state index in [0.29, 0.717) is 23.9 Å². The number of aromatic carboxylic acids is 1. The molecule has 0 spiro atoms. The molecular weight excluding hydrogens is 370 g/mol. The zero-order valence-electron chi connectivity index (χ0n) is 14.6. The predicted molar refractivity (Wildman–Crippen MR) is 104 cm³/mol. The average molecular weight is 390 g/mol. The highest BCUT2D eigenvalue weighted by Crippen LogP contribution is 2.29. The van der Waals surface area contributed by atoms with Crippen LogP contribution >= 0.6 is 11.6 Å². The number of nitrogens with zero attached hydrogens (tertiary/aromatic N) is 1. The first-order valence-corrected chi connectivity index (χ1v) is 8.90. The number of hydrogen-bond acceptors (Lipinski definition) is 4. The number of halogens is 1. The Kier molecular flexibility index (Phi) is 6.16. The van der Waals surface area contributed by atoms with E-state index in [9.17, 15) is 9.59 Å². The van der Waals surface area contributed by atoms with E-state index in [4.69, 9.17) is 21.4 Å². The van der Waals surface area contributed by atoms with Crippen LogP contribution in [-0.2, 0) is 11.3 Å². The maximum Gasteiger partial charge on any atom is 0.335 e. The summed E-state index contributed by atoms with van der Waals surface area (Å²) in [5, 5.41) is 15.0. The lowest BCUT2D eigenvalue weighted by Gasteiger charge is -2.30. The molecular formula is C19H20ClN3O4. The molecule has 2 aromatic carbocycles. The van der Waals surface area contributed by atoms with Crippen LogP contribution in [0.15, 0.2) is 42.5 Å². The van der Waals surface area contributed by atoms with Crippen molar-refractivity contribution in [2.24, 2.45) is 0 Å². The van der Waals surface area contributed by atoms with E-state index in [1.807, 2.05) is 6.07 Å². The van der Waals surface area contributed by atoms with Crippen LogP contribution in [0, 0.1) is 0 Å². The summed E-state index contributed by atoms with van der Waals surface area (Å²) in [5.41, 5.74) is 2.53. The van der Waals surface area contributed by atoms with Crippen molar-refractivity contribution in [3.63, 3.8) is 0 Å². The van der Waals surface area contributed by atoms with E-state index in [1.165, 1.54) is 12.1 Å². The largest absolute Gasteiger partial charge is 0.478 e. The molecule has 0 unspecified atom stereocenters. The molecule has 1 aliphatic heterocycles. The van der Waals surface area contributed by atoms with E-state index in [-0.39, 0.29) is 18.1 Å². The summed E-state index contributed by atoms with van der Waals surface area (Å²) < 4.78 is 5.37. The first-order valence-electron chi connectivity index (χ1n) is 8.52. The summed E-state index contributed by atoms with van der Waals surface area (Å²) in [7, 11) is 0. The molecule has 8 heteroatoms. The predicted octanol–water partition coefficient (Wildman–Crippen LogP) is 3.20. The molecule has 1 heterocycles. The number of urea groups is 1. The van der Waals surface area contributed by atoms with Gasteiger partial charge in [0.2, 0.25) is 0 Å². The van der Waals surface area contributed by atoms with Crippen molar-refractivity contribution >= 4 is 35.0 Å². The number of ether oxygens (including phenoxy) is 1. The third kappa shape index (κ3) is 5.12. The Balaban J connectivity index is 1.63. The molecule has 2 aromatic rings. The molecule has 2 amide bonds. The third-order valence-electron chi connectivity index (χ3n) is 4.21. The molecule has 0 radical (unpaired) electrons. The maximum absolute atomic E-state index is 12.3. The highest BCUT2D eigenvalue weighted by molar-refractivity contribution is 6.31. The van der Waals surface area contributed by atoms with Crippen LogP contribution in [0.25, 0.3) is 0 Å². The zero-order valence-corrected chi connectivity index (χ0v) is 15.3. The van der Waals surface area contributed by atoms with Gasteiger partial charge >= 0.3 is 12.0 Å². The molecule has 0 saturated carbocycles. The van der Waals surface area contributed by atoms with Crippen molar-refractivity contribution in [2.75, 3.05) is 36.5 Å². The van der Waals surface area contributed by atoms with Crippen LogP contribution in [0.5, 0.6) is 0 Å². The van der Waals surface area contributed by atoms with Crippen LogP contribution in [0.3, 0.4) is 0 Å². The first kappa shape index (κ1) is 19.0. The Labute approximate surface area is 161 Å². The van der Waals surface area contributed by atoms with E-state index in [1.54, 1.807) is 24.3 Å². The number of carbonyl (C=O) groups is 2. The Morgan fingerprint density at radius 3 is 2.48 bits per heavy atom. The summed E-state index contributed by atoms with van der Waals surface area (Å²) in [6.07, 6.45) is 0. The zero-order chi connectivity index (χ0) is 19.2. The van der Waals surface area contributed by atoms with Crippen molar-refractivity contribution < 1.29 is 19.4 Å². The second-order valence-electron chi connectivity index (χ2n) is 6.07. The number of morpholine rings is 1. The van der Waals surface area contributed by atoms with Gasteiger partial charge in [-0.1, -0.05) is 23.7 Å². The smallest absolute Gasteiger partial charge is 0.335 e. The summed E-state index contributed by atoms with van der Waals surface area (Å²) in [5.74, 6) is -0.983. The number of carboxylic acid groups (broad SMARTS) is 1. The summed E-state index contributed by atoms with van der Waals surface area (Å²) in [4.78, 5) is 25.3. The van der Waals surface area contributed by atoms with Gasteiger partial charge in [0.05, 0.1) is 30.2 Å². The van der Waals surface area contributed by atoms with Crippen molar-refractivity contribution in [1.29, 1.82) is 0 Å². The van der Waals surface area contributed by atoms with Crippen LogP contribution in [-0.4, -0.2) is 43.4 Å². The van der Waals surface area contributed by atoms with Gasteiger partial charge in [-0.3, -0.25) is 0 Å². The van der Waals surface area contributed by atoms with Gasteiger partial charge < -0.3 is 25.4 Å². The highest BCUT2D eigenvalue weighted by atomic mass is 35.5. The van der Waals surface area contributed by atoms with Crippen LogP contribution < -0.4 is 15.5 Å². The molecule has 0 bridgehead atoms. The monoisotopic (exact) mass is 389 g/mol. The molecule has 3 N–H and O–H groups in total. The van der Waals surface area contributed by atoms with E-state index >= 15 is 0 Å². The van der Waals surface area contributed by atoms with Gasteiger partial charge in [0, 0.05) is 24.7 Å². The van der Waals surface area contributed by atoms with Gasteiger partial charge in [-0.2, -0.15) is 0 Å². The lowest BCUT2D eigenvalue weighted by Crippen LogP contribution is -2.37. The third-order valence-corrected chi connectivity index (χ3v) is 4.45. The molecule has 1 aliphatic rings. The molecule has 1 fully saturated rings. The number of nitrogens with one attached hydrogen (secondary N) is 2. The van der Waals surface area contributed by atoms with E-state index in [0.717, 1.165) is 24.3 Å². The minimum absolute atomic E-state index is 0.206. The fourth-order valence-corrected chi connectivity index (χ4v) is 2.97. The van der Waals surface area contributed by atoms with Crippen LogP contribution in [0.4, 0.5) is 16.2 Å². The Morgan fingerprint density at radius 1 is 1.11 bits per heavy atom. The van der Waals surface area contributed by atoms with Crippen LogP contribution in [0.1, 0.15) is 15.9 Å². The lowest BCUT2D eigenvalue weighted by molar-refractivity contribution is 0.0697. The number of rotatable bonds is 5. The summed E-state index contributed by atoms with van der Waals surface area (Å²) in [6.45, 7) is 3.04. The number of hydrogen-bond donors (Lipinski definition) is 3. The minimum atomic E-state index is -0.983. The molecule has 27 heavy (non-hydrogen) atoms. The minimum Gasteiger partial charge on any atom is -0.478 e. The Hall–Kier alpha value is -2.77. The summed E-state index contributed by atoms with van der Waals surface area (Å²) >= 11 is 6.09. The van der Waals surface area contributed by atoms with Gasteiger partial charge in [-0.05, 0) is 35.9 Å². The first-order chi connectivity index (χ1) is 13.0. The number of anilines is 2. The molecule has 0 atom stereocenters. The quantitative estimate of drug-likeness (QED) is 0.730. The SMILES string of the molecule is O=C(NCc1ccc(C(=O)O)cc1)Nc1cc(Cl)ccc1N1CCOCC1. The van der Waals surface area contributed by atoms with Gasteiger partial charge in [0.15, 0.2) is 0 Å². The van der Waals surface area contributed by atoms with Crippen molar-refractivity contribution in [3.05, 3.63) is 58.6 Å². The standard InChI is InChI=1S/C19H20ClN3O4/c20-15-5-6-17(23-7-9-27-10-8-23)16(11-15)22-19(26)21-12-13-1-3-14(4-2-13)18(24)25/h1-6,11H,7-10,12H2,(H,24,25)(H2,21,22,26). The van der Waals surface area contributed by atoms with Crippen molar-refractivity contribution in [1.82, 2.24) is 5.32 Å². The molecule has 7 nitrogen and oxygen atoms in total. The van der Waals surface area contributed by atoms with E-state index < -0.39 is 5.97 Å². The number of benzene rings is 2. The van der Waals surface area contributed by atoms with Gasteiger partial charge in [-0.15, -0.1) is 0 Å². The maximum atomic E-state index is 12.3. The fourth-order valence-electron chi connectivity index (χ4n) is 2.80. The van der Waals surface area contributed by atoms with Crippen LogP contribution in [0.2, 0.25) is 5.02 Å². The molecule has 3 rings (SSSR count). The second-order valence-corrected chi connectivity index (χ2v) is 6.51. The Morgan fingerprint density at radius 2 is 1.81 bits per heavy atom. The fraction of sp³-hybridized carbons (Fsp3) is 0.263. The van der Waals surface area contributed by atoms with Gasteiger partial charge in [-0.25, -0.2) is 9.59 Å². The normalized spacial score (nSPS) is 13.9. The summed E-state index contributed by atoms with van der Waals surface area (Å²) in [6, 6.07) is 11.4. The number of carboxylic acids is 1. The number of amides is 2. The average Bonchev–Trinajstić information content (AvgIpc) is 2.67.